The predicted octanol–water partition coefficient (Wildman–Crippen LogP) is 2.17. The monoisotopic (exact) mass is 324 g/mol. The van der Waals surface area contributed by atoms with Crippen LogP contribution in [0.2, 0.25) is 0 Å². The van der Waals surface area contributed by atoms with E-state index >= 15 is 0 Å². The van der Waals surface area contributed by atoms with Crippen molar-refractivity contribution in [3.63, 3.8) is 0 Å². The zero-order valence-corrected chi connectivity index (χ0v) is 13.0. The molecule has 7 heteroatoms. The molecule has 7 nitrogen and oxygen atoms in total. The summed E-state index contributed by atoms with van der Waals surface area (Å²) in [6.45, 7) is 1.90. The van der Waals surface area contributed by atoms with Gasteiger partial charge in [0.15, 0.2) is 5.76 Å². The molecule has 0 fully saturated rings. The molecule has 0 spiro atoms. The van der Waals surface area contributed by atoms with Gasteiger partial charge >= 0.3 is 0 Å². The van der Waals surface area contributed by atoms with E-state index in [0.717, 1.165) is 0 Å². The van der Waals surface area contributed by atoms with Crippen molar-refractivity contribution in [2.45, 2.75) is 13.5 Å². The number of carbonyl (C=O) groups is 1. The molecule has 0 aliphatic rings. The van der Waals surface area contributed by atoms with Gasteiger partial charge in [-0.25, -0.2) is 4.68 Å². The summed E-state index contributed by atoms with van der Waals surface area (Å²) < 4.78 is 6.55. The second-order valence-corrected chi connectivity index (χ2v) is 5.35. The molecule has 0 radical (unpaired) electrons. The van der Waals surface area contributed by atoms with Crippen LogP contribution in [-0.4, -0.2) is 20.7 Å². The highest BCUT2D eigenvalue weighted by molar-refractivity contribution is 5.92. The molecule has 3 aromatic rings. The fourth-order valence-corrected chi connectivity index (χ4v) is 2.18. The fraction of sp³-hybridized carbons (Fsp3) is 0.176. The third-order valence-corrected chi connectivity index (χ3v) is 3.46. The van der Waals surface area contributed by atoms with Crippen LogP contribution in [0.4, 0.5) is 5.69 Å². The van der Waals surface area contributed by atoms with Crippen LogP contribution in [0.15, 0.2) is 64.3 Å². The summed E-state index contributed by atoms with van der Waals surface area (Å²) in [5, 5.41) is 7.02. The molecular formula is C17H16N4O3. The molecule has 1 amide bonds. The van der Waals surface area contributed by atoms with Gasteiger partial charge < -0.3 is 9.73 Å². The van der Waals surface area contributed by atoms with E-state index in [1.165, 1.54) is 17.0 Å². The highest BCUT2D eigenvalue weighted by Gasteiger charge is 2.16. The molecule has 0 bridgehead atoms. The topological polar surface area (TPSA) is 90.0 Å². The fourth-order valence-electron chi connectivity index (χ4n) is 2.18. The van der Waals surface area contributed by atoms with Crippen LogP contribution in [0.3, 0.4) is 0 Å². The second kappa shape index (κ2) is 6.91. The molecule has 3 rings (SSSR count). The number of hydrogen-bond acceptors (Lipinski definition) is 5. The number of nitrogens with zero attached hydrogens (tertiary/aromatic N) is 3. The summed E-state index contributed by atoms with van der Waals surface area (Å²) in [6, 6.07) is 10.00. The van der Waals surface area contributed by atoms with Gasteiger partial charge in [-0.3, -0.25) is 14.6 Å². The highest BCUT2D eigenvalue weighted by Crippen LogP contribution is 2.15. The van der Waals surface area contributed by atoms with Gasteiger partial charge in [0.2, 0.25) is 5.91 Å². The minimum Gasteiger partial charge on any atom is -0.463 e. The molecule has 0 aliphatic heterocycles. The van der Waals surface area contributed by atoms with Gasteiger partial charge in [0, 0.05) is 12.3 Å². The van der Waals surface area contributed by atoms with Crippen LogP contribution in [-0.2, 0) is 11.3 Å². The number of aromatic nitrogens is 3. The van der Waals surface area contributed by atoms with E-state index in [1.807, 2.05) is 0 Å². The van der Waals surface area contributed by atoms with Crippen molar-refractivity contribution in [2.75, 3.05) is 5.32 Å². The van der Waals surface area contributed by atoms with Gasteiger partial charge in [-0.15, -0.1) is 0 Å². The largest absolute Gasteiger partial charge is 0.463 e. The van der Waals surface area contributed by atoms with Crippen LogP contribution >= 0.6 is 0 Å². The lowest BCUT2D eigenvalue weighted by molar-refractivity contribution is -0.119. The predicted molar refractivity (Wildman–Crippen MR) is 88.2 cm³/mol. The van der Waals surface area contributed by atoms with Crippen molar-refractivity contribution in [3.05, 3.63) is 65.4 Å². The number of furan rings is 1. The van der Waals surface area contributed by atoms with Gasteiger partial charge in [-0.2, -0.15) is 5.10 Å². The Labute approximate surface area is 138 Å². The summed E-state index contributed by atoms with van der Waals surface area (Å²) in [4.78, 5) is 28.2. The normalized spacial score (nSPS) is 11.9. The molecule has 0 aromatic carbocycles. The van der Waals surface area contributed by atoms with E-state index in [4.69, 9.17) is 4.42 Å². The van der Waals surface area contributed by atoms with Crippen LogP contribution in [0.25, 0.3) is 11.5 Å². The Morgan fingerprint density at radius 2 is 2.17 bits per heavy atom. The zero-order chi connectivity index (χ0) is 16.9. The first-order valence-corrected chi connectivity index (χ1v) is 7.46. The van der Waals surface area contributed by atoms with Gasteiger partial charge in [-0.05, 0) is 30.3 Å². The van der Waals surface area contributed by atoms with Gasteiger partial charge in [0.1, 0.15) is 5.69 Å². The second-order valence-electron chi connectivity index (χ2n) is 5.35. The summed E-state index contributed by atoms with van der Waals surface area (Å²) in [7, 11) is 0. The maximum atomic E-state index is 12.2. The Bertz CT molecular complexity index is 872. The molecule has 0 saturated heterocycles. The number of anilines is 1. The smallest absolute Gasteiger partial charge is 0.266 e. The van der Waals surface area contributed by atoms with Crippen LogP contribution in [0.5, 0.6) is 0 Å². The molecule has 24 heavy (non-hydrogen) atoms. The van der Waals surface area contributed by atoms with E-state index < -0.39 is 5.92 Å². The maximum absolute atomic E-state index is 12.2. The first-order chi connectivity index (χ1) is 11.6. The first kappa shape index (κ1) is 15.7. The number of amides is 1. The zero-order valence-electron chi connectivity index (χ0n) is 13.0. The molecule has 3 heterocycles. The SMILES string of the molecule is C[C@H](Cn1nc(-c2ccco2)ccc1=O)C(=O)Nc1cccnc1. The quantitative estimate of drug-likeness (QED) is 0.777. The summed E-state index contributed by atoms with van der Waals surface area (Å²) in [6.07, 6.45) is 4.73. The molecule has 1 N–H and O–H groups in total. The van der Waals surface area contributed by atoms with Crippen molar-refractivity contribution < 1.29 is 9.21 Å². The van der Waals surface area contributed by atoms with Crippen molar-refractivity contribution >= 4 is 11.6 Å². The van der Waals surface area contributed by atoms with Crippen molar-refractivity contribution in [3.8, 4) is 11.5 Å². The third-order valence-electron chi connectivity index (χ3n) is 3.46. The van der Waals surface area contributed by atoms with Gasteiger partial charge in [0.05, 0.1) is 30.6 Å². The Morgan fingerprint density at radius 3 is 2.88 bits per heavy atom. The molecule has 122 valence electrons. The van der Waals surface area contributed by atoms with Crippen LogP contribution in [0.1, 0.15) is 6.92 Å². The van der Waals surface area contributed by atoms with Gasteiger partial charge in [-0.1, -0.05) is 6.92 Å². The summed E-state index contributed by atoms with van der Waals surface area (Å²) >= 11 is 0. The van der Waals surface area contributed by atoms with Crippen LogP contribution in [0, 0.1) is 5.92 Å². The number of nitrogens with one attached hydrogen (secondary N) is 1. The first-order valence-electron chi connectivity index (χ1n) is 7.46. The lowest BCUT2D eigenvalue weighted by atomic mass is 10.1. The highest BCUT2D eigenvalue weighted by atomic mass is 16.3. The summed E-state index contributed by atoms with van der Waals surface area (Å²) in [5.41, 5.74) is 0.879. The number of carbonyl (C=O) groups excluding carboxylic acids is 1. The minimum atomic E-state index is -0.442. The standard InChI is InChI=1S/C17H16N4O3/c1-12(17(23)19-13-4-2-8-18-10-13)11-21-16(22)7-6-14(20-21)15-5-3-9-24-15/h2-10,12H,11H2,1H3,(H,19,23)/t12-/m1/s1. The maximum Gasteiger partial charge on any atom is 0.266 e. The number of rotatable bonds is 5. The Hall–Kier alpha value is -3.22. The average molecular weight is 324 g/mol. The third kappa shape index (κ3) is 3.57. The van der Waals surface area contributed by atoms with Gasteiger partial charge in [0.25, 0.3) is 5.56 Å². The molecule has 3 aromatic heterocycles. The van der Waals surface area contributed by atoms with Crippen molar-refractivity contribution in [1.82, 2.24) is 14.8 Å². The minimum absolute atomic E-state index is 0.166. The molecule has 1 atom stereocenters. The van der Waals surface area contributed by atoms with E-state index in [0.29, 0.717) is 17.1 Å². The van der Waals surface area contributed by atoms with E-state index in [2.05, 4.69) is 15.4 Å². The Morgan fingerprint density at radius 1 is 1.29 bits per heavy atom. The van der Waals surface area contributed by atoms with Crippen molar-refractivity contribution in [1.29, 1.82) is 0 Å². The number of hydrogen-bond donors (Lipinski definition) is 1. The Balaban J connectivity index is 1.74. The van der Waals surface area contributed by atoms with E-state index in [9.17, 15) is 9.59 Å². The molecule has 0 saturated carbocycles. The van der Waals surface area contributed by atoms with Crippen LogP contribution < -0.4 is 10.9 Å². The Kier molecular flexibility index (Phi) is 4.51. The van der Waals surface area contributed by atoms with E-state index in [1.54, 1.807) is 49.6 Å². The van der Waals surface area contributed by atoms with Crippen molar-refractivity contribution in [2.24, 2.45) is 5.92 Å². The van der Waals surface area contributed by atoms with E-state index in [-0.39, 0.29) is 18.0 Å². The lowest BCUT2D eigenvalue weighted by Crippen LogP contribution is -2.31. The molecular weight excluding hydrogens is 308 g/mol. The molecule has 0 aliphatic carbocycles. The average Bonchev–Trinajstić information content (AvgIpc) is 3.12. The lowest BCUT2D eigenvalue weighted by Gasteiger charge is -2.13. The number of pyridine rings is 1. The summed E-state index contributed by atoms with van der Waals surface area (Å²) in [5.74, 6) is -0.0847. The molecule has 0 unspecified atom stereocenters.